The summed E-state index contributed by atoms with van der Waals surface area (Å²) in [4.78, 5) is 15.4. The third-order valence-corrected chi connectivity index (χ3v) is 7.62. The Morgan fingerprint density at radius 3 is 2.21 bits per heavy atom. The summed E-state index contributed by atoms with van der Waals surface area (Å²) in [5.41, 5.74) is 3.31. The van der Waals surface area contributed by atoms with Crippen molar-refractivity contribution >= 4 is 11.7 Å². The number of urea groups is 1. The quantitative estimate of drug-likeness (QED) is 0.219. The minimum Gasteiger partial charge on any atom is -0.338 e. The second kappa shape index (κ2) is 14.8. The summed E-state index contributed by atoms with van der Waals surface area (Å²) < 4.78 is 16.8. The lowest BCUT2D eigenvalue weighted by Gasteiger charge is -2.32. The van der Waals surface area contributed by atoms with Gasteiger partial charge in [-0.15, -0.1) is 10.2 Å². The molecule has 2 N–H and O–H groups in total. The van der Waals surface area contributed by atoms with Crippen LogP contribution in [0.15, 0.2) is 42.5 Å². The number of benzene rings is 2. The van der Waals surface area contributed by atoms with Gasteiger partial charge in [0.05, 0.1) is 0 Å². The number of hydrogen-bond donors (Lipinski definition) is 2. The molecule has 0 bridgehead atoms. The Morgan fingerprint density at radius 2 is 1.58 bits per heavy atom. The number of carbonyl (C=O) groups is 1. The van der Waals surface area contributed by atoms with Crippen molar-refractivity contribution in [3.8, 4) is 22.8 Å². The van der Waals surface area contributed by atoms with E-state index in [9.17, 15) is 9.18 Å². The van der Waals surface area contributed by atoms with E-state index in [-0.39, 0.29) is 11.8 Å². The normalized spacial score (nSPS) is 15.5. The molecule has 2 amide bonds. The second-order valence-corrected chi connectivity index (χ2v) is 11.1. The van der Waals surface area contributed by atoms with E-state index in [0.29, 0.717) is 42.9 Å². The van der Waals surface area contributed by atoms with Gasteiger partial charge in [0.25, 0.3) is 0 Å². The number of aromatic nitrogens is 8. The number of anilines is 1. The monoisotopic (exact) mass is 589 g/mol. The van der Waals surface area contributed by atoms with Crippen LogP contribution in [0.3, 0.4) is 0 Å². The van der Waals surface area contributed by atoms with Gasteiger partial charge in [0.1, 0.15) is 5.82 Å². The molecular formula is C30H40FN11O. The summed E-state index contributed by atoms with van der Waals surface area (Å²) in [5, 5.41) is 30.4. The number of hydrogen-bond acceptors (Lipinski definition) is 8. The van der Waals surface area contributed by atoms with Crippen LogP contribution in [0, 0.1) is 11.7 Å². The molecule has 1 atom stereocenters. The predicted molar refractivity (Wildman–Crippen MR) is 162 cm³/mol. The molecule has 1 aliphatic rings. The number of likely N-dealkylation sites (tertiary alicyclic amines) is 1. The number of carbonyl (C=O) groups excluding carboxylic acids is 1. The summed E-state index contributed by atoms with van der Waals surface area (Å²) in [6, 6.07) is 12.2. The van der Waals surface area contributed by atoms with Crippen molar-refractivity contribution in [2.75, 3.05) is 31.5 Å². The van der Waals surface area contributed by atoms with E-state index in [1.807, 2.05) is 30.3 Å². The van der Waals surface area contributed by atoms with Gasteiger partial charge >= 0.3 is 6.03 Å². The Morgan fingerprint density at radius 1 is 0.930 bits per heavy atom. The topological polar surface area (TPSA) is 132 Å². The molecular weight excluding hydrogens is 549 g/mol. The molecule has 1 fully saturated rings. The molecule has 0 saturated carbocycles. The lowest BCUT2D eigenvalue weighted by atomic mass is 9.91. The molecule has 43 heavy (non-hydrogen) atoms. The highest BCUT2D eigenvalue weighted by molar-refractivity contribution is 5.91. The largest absolute Gasteiger partial charge is 0.338 e. The SMILES string of the molecule is CCCn1nnnc1-c1cc(NC(=O)NCCCN2CCCC(Cc3ccc(F)cc3)C2)cc(-c2nnnn2CCC)c1. The maximum absolute atomic E-state index is 13.3. The summed E-state index contributed by atoms with van der Waals surface area (Å²) in [7, 11) is 0. The number of rotatable bonds is 13. The number of tetrazole rings is 2. The van der Waals surface area contributed by atoms with E-state index in [2.05, 4.69) is 60.4 Å². The average Bonchev–Trinajstić information content (AvgIpc) is 3.67. The van der Waals surface area contributed by atoms with Crippen molar-refractivity contribution in [2.45, 2.75) is 65.5 Å². The Kier molecular flexibility index (Phi) is 10.4. The van der Waals surface area contributed by atoms with Crippen molar-refractivity contribution in [2.24, 2.45) is 5.92 Å². The van der Waals surface area contributed by atoms with Crippen LogP contribution in [0.2, 0.25) is 0 Å². The molecule has 0 aliphatic carbocycles. The molecule has 5 rings (SSSR count). The Bertz CT molecular complexity index is 1410. The van der Waals surface area contributed by atoms with Gasteiger partial charge in [0.2, 0.25) is 0 Å². The summed E-state index contributed by atoms with van der Waals surface area (Å²) in [5.74, 6) is 1.59. The molecule has 1 unspecified atom stereocenters. The van der Waals surface area contributed by atoms with Crippen LogP contribution in [-0.4, -0.2) is 77.5 Å². The van der Waals surface area contributed by atoms with Gasteiger partial charge in [0.15, 0.2) is 11.6 Å². The fraction of sp³-hybridized carbons (Fsp3) is 0.500. The van der Waals surface area contributed by atoms with Gasteiger partial charge in [-0.1, -0.05) is 26.0 Å². The van der Waals surface area contributed by atoms with Crippen LogP contribution in [0.1, 0.15) is 51.5 Å². The van der Waals surface area contributed by atoms with E-state index in [0.717, 1.165) is 62.9 Å². The summed E-state index contributed by atoms with van der Waals surface area (Å²) >= 11 is 0. The fourth-order valence-electron chi connectivity index (χ4n) is 5.66. The molecule has 3 heterocycles. The highest BCUT2D eigenvalue weighted by atomic mass is 19.1. The molecule has 12 nitrogen and oxygen atoms in total. The average molecular weight is 590 g/mol. The van der Waals surface area contributed by atoms with E-state index in [1.54, 1.807) is 9.36 Å². The molecule has 2 aromatic heterocycles. The summed E-state index contributed by atoms with van der Waals surface area (Å²) in [6.07, 6.45) is 5.92. The maximum atomic E-state index is 13.3. The van der Waals surface area contributed by atoms with Gasteiger partial charge in [-0.2, -0.15) is 0 Å². The van der Waals surface area contributed by atoms with Crippen molar-refractivity contribution in [3.63, 3.8) is 0 Å². The first kappa shape index (κ1) is 30.2. The Balaban J connectivity index is 1.18. The van der Waals surface area contributed by atoms with E-state index >= 15 is 0 Å². The van der Waals surface area contributed by atoms with E-state index in [4.69, 9.17) is 0 Å². The fourth-order valence-corrected chi connectivity index (χ4v) is 5.66. The third kappa shape index (κ3) is 8.19. The molecule has 2 aromatic carbocycles. The number of nitrogens with one attached hydrogen (secondary N) is 2. The van der Waals surface area contributed by atoms with Crippen LogP contribution in [0.4, 0.5) is 14.9 Å². The van der Waals surface area contributed by atoms with Crippen LogP contribution in [0.25, 0.3) is 22.8 Å². The molecule has 4 aromatic rings. The van der Waals surface area contributed by atoms with Crippen molar-refractivity contribution in [1.82, 2.24) is 50.6 Å². The molecule has 228 valence electrons. The molecule has 0 radical (unpaired) electrons. The van der Waals surface area contributed by atoms with E-state index in [1.165, 1.54) is 24.1 Å². The third-order valence-electron chi connectivity index (χ3n) is 7.62. The first-order valence-corrected chi connectivity index (χ1v) is 15.2. The minimum atomic E-state index is -0.280. The highest BCUT2D eigenvalue weighted by Crippen LogP contribution is 2.28. The standard InChI is InChI=1S/C30H40FN11O/c1-3-13-41-28(34-36-38-41)24-18-25(29-35-37-39-42(29)14-4-2)20-27(19-24)33-30(43)32-12-6-16-40-15-5-7-23(21-40)17-22-8-10-26(31)11-9-22/h8-11,18-20,23H,3-7,12-17,21H2,1-2H3,(H2,32,33,43). The number of halogens is 1. The Hall–Kier alpha value is -4.26. The first-order chi connectivity index (χ1) is 21.0. The lowest BCUT2D eigenvalue weighted by Crippen LogP contribution is -2.38. The lowest BCUT2D eigenvalue weighted by molar-refractivity contribution is 0.172. The van der Waals surface area contributed by atoms with Gasteiger partial charge in [-0.05, 0) is 114 Å². The smallest absolute Gasteiger partial charge is 0.319 e. The van der Waals surface area contributed by atoms with E-state index < -0.39 is 0 Å². The van der Waals surface area contributed by atoms with Crippen molar-refractivity contribution in [3.05, 3.63) is 53.8 Å². The second-order valence-electron chi connectivity index (χ2n) is 11.1. The number of aryl methyl sites for hydroxylation is 2. The van der Waals surface area contributed by atoms with Crippen LogP contribution >= 0.6 is 0 Å². The zero-order valence-electron chi connectivity index (χ0n) is 24.9. The number of amides is 2. The maximum Gasteiger partial charge on any atom is 0.319 e. The molecule has 13 heteroatoms. The molecule has 0 spiro atoms. The van der Waals surface area contributed by atoms with Gasteiger partial charge < -0.3 is 15.5 Å². The molecule has 1 aliphatic heterocycles. The van der Waals surface area contributed by atoms with Crippen LogP contribution < -0.4 is 10.6 Å². The molecule has 1 saturated heterocycles. The van der Waals surface area contributed by atoms with Crippen molar-refractivity contribution < 1.29 is 9.18 Å². The first-order valence-electron chi connectivity index (χ1n) is 15.2. The summed E-state index contributed by atoms with van der Waals surface area (Å²) in [6.45, 7) is 9.04. The van der Waals surface area contributed by atoms with Gasteiger partial charge in [-0.3, -0.25) is 0 Å². The van der Waals surface area contributed by atoms with Gasteiger partial charge in [0, 0.05) is 43.0 Å². The number of piperidine rings is 1. The van der Waals surface area contributed by atoms with Crippen LogP contribution in [0.5, 0.6) is 0 Å². The zero-order chi connectivity index (χ0) is 30.0. The van der Waals surface area contributed by atoms with Crippen LogP contribution in [-0.2, 0) is 19.5 Å². The minimum absolute atomic E-state index is 0.193. The predicted octanol–water partition coefficient (Wildman–Crippen LogP) is 4.42. The van der Waals surface area contributed by atoms with Crippen molar-refractivity contribution in [1.29, 1.82) is 0 Å². The highest BCUT2D eigenvalue weighted by Gasteiger charge is 2.20. The zero-order valence-corrected chi connectivity index (χ0v) is 24.9. The van der Waals surface area contributed by atoms with Gasteiger partial charge in [-0.25, -0.2) is 18.5 Å². The number of nitrogens with zero attached hydrogens (tertiary/aromatic N) is 9. The Labute approximate surface area is 251 Å².